The smallest absolute Gasteiger partial charge is 0.252 e. The average molecular weight is 312 g/mol. The molecule has 3 nitrogen and oxygen atoms in total. The molecule has 1 atom stereocenters. The number of nitrogens with zero attached hydrogens (tertiary/aromatic N) is 1. The number of rotatable bonds is 3. The van der Waals surface area contributed by atoms with E-state index in [2.05, 4.69) is 22.3 Å². The van der Waals surface area contributed by atoms with Gasteiger partial charge in [-0.05, 0) is 43.5 Å². The number of carbonyl (C=O) groups is 1. The van der Waals surface area contributed by atoms with Crippen molar-refractivity contribution >= 4 is 17.2 Å². The molecule has 2 aromatic rings. The summed E-state index contributed by atoms with van der Waals surface area (Å²) in [5, 5.41) is 5.23. The zero-order valence-corrected chi connectivity index (χ0v) is 13.3. The van der Waals surface area contributed by atoms with Crippen molar-refractivity contribution in [2.45, 2.75) is 18.9 Å². The van der Waals surface area contributed by atoms with Gasteiger partial charge in [0.25, 0.3) is 5.91 Å². The van der Waals surface area contributed by atoms with Gasteiger partial charge in [-0.15, -0.1) is 11.3 Å². The van der Waals surface area contributed by atoms with E-state index in [1.165, 1.54) is 31.5 Å². The van der Waals surface area contributed by atoms with Crippen molar-refractivity contribution in [3.05, 3.63) is 47.3 Å². The second-order valence-electron chi connectivity index (χ2n) is 6.28. The molecule has 0 saturated carbocycles. The van der Waals surface area contributed by atoms with Crippen molar-refractivity contribution in [2.75, 3.05) is 19.6 Å². The van der Waals surface area contributed by atoms with Crippen molar-refractivity contribution in [1.82, 2.24) is 10.2 Å². The third kappa shape index (κ3) is 2.69. The maximum Gasteiger partial charge on any atom is 0.252 e. The van der Waals surface area contributed by atoms with Gasteiger partial charge < -0.3 is 10.2 Å². The van der Waals surface area contributed by atoms with E-state index in [9.17, 15) is 4.79 Å². The first-order chi connectivity index (χ1) is 10.8. The average Bonchev–Trinajstić information content (AvgIpc) is 3.07. The molecular weight excluding hydrogens is 292 g/mol. The number of thiophene rings is 1. The fourth-order valence-corrected chi connectivity index (χ4v) is 4.49. The van der Waals surface area contributed by atoms with Crippen LogP contribution in [0.15, 0.2) is 41.8 Å². The molecule has 1 aromatic heterocycles. The van der Waals surface area contributed by atoms with E-state index >= 15 is 0 Å². The highest BCUT2D eigenvalue weighted by Gasteiger charge is 2.35. The first-order valence-electron chi connectivity index (χ1n) is 7.97. The van der Waals surface area contributed by atoms with Crippen LogP contribution in [0.2, 0.25) is 0 Å². The Morgan fingerprint density at radius 2 is 1.95 bits per heavy atom. The van der Waals surface area contributed by atoms with Gasteiger partial charge in [0.15, 0.2) is 0 Å². The second-order valence-corrected chi connectivity index (χ2v) is 7.19. The largest absolute Gasteiger partial charge is 0.348 e. The summed E-state index contributed by atoms with van der Waals surface area (Å²) in [6, 6.07) is 12.6. The fraction of sp³-hybridized carbons (Fsp3) is 0.389. The summed E-state index contributed by atoms with van der Waals surface area (Å²) in [7, 11) is 0. The Kier molecular flexibility index (Phi) is 3.72. The van der Waals surface area contributed by atoms with Crippen molar-refractivity contribution in [3.63, 3.8) is 0 Å². The van der Waals surface area contributed by atoms with Gasteiger partial charge in [-0.3, -0.25) is 4.79 Å². The highest BCUT2D eigenvalue weighted by atomic mass is 32.1. The Balaban J connectivity index is 1.46. The molecule has 2 bridgehead atoms. The lowest BCUT2D eigenvalue weighted by atomic mass is 9.84. The molecule has 114 valence electrons. The van der Waals surface area contributed by atoms with E-state index in [4.69, 9.17) is 0 Å². The molecule has 3 aliphatic rings. The van der Waals surface area contributed by atoms with Gasteiger partial charge in [0, 0.05) is 22.8 Å². The number of amides is 1. The first kappa shape index (κ1) is 14.0. The number of benzene rings is 1. The minimum absolute atomic E-state index is 0.0807. The summed E-state index contributed by atoms with van der Waals surface area (Å²) >= 11 is 1.64. The Morgan fingerprint density at radius 1 is 1.18 bits per heavy atom. The number of hydrogen-bond acceptors (Lipinski definition) is 3. The Labute approximate surface area is 135 Å². The van der Waals surface area contributed by atoms with Crippen LogP contribution in [0.3, 0.4) is 0 Å². The molecule has 3 saturated heterocycles. The van der Waals surface area contributed by atoms with Crippen molar-refractivity contribution < 1.29 is 4.79 Å². The summed E-state index contributed by atoms with van der Waals surface area (Å²) in [5.74, 6) is 0.748. The fourth-order valence-electron chi connectivity index (χ4n) is 3.59. The molecule has 3 aliphatic heterocycles. The maximum atomic E-state index is 12.5. The number of hydrogen-bond donors (Lipinski definition) is 1. The quantitative estimate of drug-likeness (QED) is 0.943. The van der Waals surface area contributed by atoms with Gasteiger partial charge in [-0.25, -0.2) is 0 Å². The topological polar surface area (TPSA) is 32.3 Å². The van der Waals surface area contributed by atoms with Crippen LogP contribution in [0.4, 0.5) is 0 Å². The lowest BCUT2D eigenvalue weighted by molar-refractivity contribution is 0.0620. The number of piperidine rings is 3. The van der Waals surface area contributed by atoms with E-state index in [1.807, 2.05) is 29.6 Å². The number of nitrogens with one attached hydrogen (secondary N) is 1. The molecule has 0 unspecified atom stereocenters. The predicted octanol–water partition coefficient (Wildman–Crippen LogP) is 3.24. The Morgan fingerprint density at radius 3 is 2.64 bits per heavy atom. The monoisotopic (exact) mass is 312 g/mol. The van der Waals surface area contributed by atoms with Gasteiger partial charge in [0.05, 0.1) is 5.56 Å². The lowest BCUT2D eigenvalue weighted by Crippen LogP contribution is -2.57. The maximum absolute atomic E-state index is 12.5. The summed E-state index contributed by atoms with van der Waals surface area (Å²) in [4.78, 5) is 16.1. The van der Waals surface area contributed by atoms with Crippen LogP contribution in [-0.4, -0.2) is 36.5 Å². The van der Waals surface area contributed by atoms with Crippen molar-refractivity contribution in [3.8, 4) is 10.4 Å². The zero-order valence-electron chi connectivity index (χ0n) is 12.5. The van der Waals surface area contributed by atoms with Crippen LogP contribution in [0.25, 0.3) is 10.4 Å². The van der Waals surface area contributed by atoms with E-state index in [0.29, 0.717) is 12.0 Å². The number of fused-ring (bicyclic) bond motifs is 3. The van der Waals surface area contributed by atoms with Crippen LogP contribution in [0, 0.1) is 5.92 Å². The zero-order chi connectivity index (χ0) is 14.9. The summed E-state index contributed by atoms with van der Waals surface area (Å²) in [6.07, 6.45) is 2.45. The summed E-state index contributed by atoms with van der Waals surface area (Å²) < 4.78 is 0. The van der Waals surface area contributed by atoms with Gasteiger partial charge >= 0.3 is 0 Å². The molecule has 4 heterocycles. The predicted molar refractivity (Wildman–Crippen MR) is 90.2 cm³/mol. The van der Waals surface area contributed by atoms with Crippen LogP contribution < -0.4 is 5.32 Å². The molecule has 22 heavy (non-hydrogen) atoms. The van der Waals surface area contributed by atoms with Crippen LogP contribution in [-0.2, 0) is 0 Å². The van der Waals surface area contributed by atoms with E-state index in [1.54, 1.807) is 11.3 Å². The molecule has 3 fully saturated rings. The third-order valence-corrected chi connectivity index (χ3v) is 5.87. The van der Waals surface area contributed by atoms with Crippen LogP contribution in [0.5, 0.6) is 0 Å². The Hall–Kier alpha value is -1.65. The Bertz CT molecular complexity index is 659. The normalized spacial score (nSPS) is 26.8. The van der Waals surface area contributed by atoms with Gasteiger partial charge in [0.1, 0.15) is 0 Å². The lowest BCUT2D eigenvalue weighted by Gasteiger charge is -2.44. The highest BCUT2D eigenvalue weighted by molar-refractivity contribution is 7.13. The van der Waals surface area contributed by atoms with E-state index < -0.39 is 0 Å². The second kappa shape index (κ2) is 5.86. The summed E-state index contributed by atoms with van der Waals surface area (Å²) in [5.41, 5.74) is 1.97. The molecule has 1 aromatic carbocycles. The van der Waals surface area contributed by atoms with Crippen LogP contribution in [0.1, 0.15) is 23.2 Å². The van der Waals surface area contributed by atoms with E-state index in [-0.39, 0.29) is 5.91 Å². The molecule has 0 radical (unpaired) electrons. The summed E-state index contributed by atoms with van der Waals surface area (Å²) in [6.45, 7) is 3.42. The molecule has 5 rings (SSSR count). The van der Waals surface area contributed by atoms with Crippen molar-refractivity contribution in [2.24, 2.45) is 5.92 Å². The SMILES string of the molecule is O=C(N[C@H]1CN2CCC1CC2)c1csc(-c2ccccc2)c1. The minimum atomic E-state index is 0.0807. The van der Waals surface area contributed by atoms with Gasteiger partial charge in [0.2, 0.25) is 0 Å². The first-order valence-corrected chi connectivity index (χ1v) is 8.85. The standard InChI is InChI=1S/C18H20N2OS/c21-18(19-16-11-20-8-6-13(16)7-9-20)15-10-17(22-12-15)14-4-2-1-3-5-14/h1-5,10,12-13,16H,6-9,11H2,(H,19,21)/t16-/m0/s1. The molecule has 0 spiro atoms. The van der Waals surface area contributed by atoms with Crippen LogP contribution >= 0.6 is 11.3 Å². The minimum Gasteiger partial charge on any atom is -0.348 e. The molecule has 0 aliphatic carbocycles. The molecule has 4 heteroatoms. The molecule has 1 amide bonds. The van der Waals surface area contributed by atoms with E-state index in [0.717, 1.165) is 17.0 Å². The van der Waals surface area contributed by atoms with Gasteiger partial charge in [-0.1, -0.05) is 30.3 Å². The van der Waals surface area contributed by atoms with Crippen molar-refractivity contribution in [1.29, 1.82) is 0 Å². The highest BCUT2D eigenvalue weighted by Crippen LogP contribution is 2.29. The van der Waals surface area contributed by atoms with Gasteiger partial charge in [-0.2, -0.15) is 0 Å². The third-order valence-electron chi connectivity index (χ3n) is 4.89. The number of carbonyl (C=O) groups excluding carboxylic acids is 1. The molecule has 1 N–H and O–H groups in total. The molecular formula is C18H20N2OS.